The Morgan fingerprint density at radius 3 is 2.91 bits per heavy atom. The number of amides is 2. The van der Waals surface area contributed by atoms with E-state index in [0.29, 0.717) is 13.1 Å². The van der Waals surface area contributed by atoms with E-state index < -0.39 is 17.7 Å². The Bertz CT molecular complexity index is 714. The average molecular weight is 319 g/mol. The number of anilines is 1. The van der Waals surface area contributed by atoms with E-state index in [9.17, 15) is 13.6 Å². The quantitative estimate of drug-likeness (QED) is 0.906. The molecule has 1 atom stereocenters. The van der Waals surface area contributed by atoms with Crippen LogP contribution in [0, 0.1) is 11.6 Å². The fraction of sp³-hybridized carbons (Fsp3) is 0.353. The minimum atomic E-state index is -0.646. The number of carbonyl (C=O) groups excluding carboxylic acids is 1. The Morgan fingerprint density at radius 2 is 2.13 bits per heavy atom. The van der Waals surface area contributed by atoms with E-state index in [4.69, 9.17) is 0 Å². The molecule has 2 heterocycles. The number of urea groups is 1. The van der Waals surface area contributed by atoms with Crippen molar-refractivity contribution in [3.05, 3.63) is 53.9 Å². The molecule has 1 aromatic carbocycles. The van der Waals surface area contributed by atoms with Crippen molar-refractivity contribution in [2.24, 2.45) is 0 Å². The minimum absolute atomic E-state index is 0.0552. The zero-order valence-corrected chi connectivity index (χ0v) is 12.9. The molecule has 0 radical (unpaired) electrons. The first-order chi connectivity index (χ1) is 11.1. The maximum Gasteiger partial charge on any atom is 0.322 e. The monoisotopic (exact) mass is 319 g/mol. The smallest absolute Gasteiger partial charge is 0.322 e. The lowest BCUT2D eigenvalue weighted by atomic mass is 10.0. The molecule has 3 rings (SSSR count). The van der Waals surface area contributed by atoms with Crippen LogP contribution in [0.1, 0.15) is 31.5 Å². The van der Waals surface area contributed by atoms with E-state index in [1.165, 1.54) is 0 Å². The molecule has 0 fully saturated rings. The Morgan fingerprint density at radius 1 is 1.30 bits per heavy atom. The molecule has 2 aromatic rings. The van der Waals surface area contributed by atoms with Gasteiger partial charge >= 0.3 is 6.03 Å². The molecule has 0 unspecified atom stereocenters. The van der Waals surface area contributed by atoms with Gasteiger partial charge in [0.2, 0.25) is 0 Å². The molecule has 0 spiro atoms. The molecule has 0 saturated heterocycles. The van der Waals surface area contributed by atoms with Gasteiger partial charge in [0.05, 0.1) is 11.7 Å². The van der Waals surface area contributed by atoms with Crippen molar-refractivity contribution in [3.63, 3.8) is 0 Å². The summed E-state index contributed by atoms with van der Waals surface area (Å²) in [5, 5.41) is 2.49. The van der Waals surface area contributed by atoms with Gasteiger partial charge in [-0.25, -0.2) is 13.6 Å². The third kappa shape index (κ3) is 3.06. The van der Waals surface area contributed by atoms with Crippen LogP contribution in [0.25, 0.3) is 0 Å². The summed E-state index contributed by atoms with van der Waals surface area (Å²) in [7, 11) is 0. The molecule has 0 saturated carbocycles. The number of hydrogen-bond acceptors (Lipinski definition) is 1. The highest BCUT2D eigenvalue weighted by Crippen LogP contribution is 2.30. The summed E-state index contributed by atoms with van der Waals surface area (Å²) in [6, 6.07) is 6.54. The van der Waals surface area contributed by atoms with E-state index in [2.05, 4.69) is 16.8 Å². The topological polar surface area (TPSA) is 37.3 Å². The largest absolute Gasteiger partial charge is 0.348 e. The van der Waals surface area contributed by atoms with E-state index in [0.717, 1.165) is 36.7 Å². The summed E-state index contributed by atoms with van der Waals surface area (Å²) in [4.78, 5) is 14.3. The molecule has 4 nitrogen and oxygen atoms in total. The summed E-state index contributed by atoms with van der Waals surface area (Å²) in [5.41, 5.74) is 0.944. The zero-order valence-electron chi connectivity index (χ0n) is 12.9. The first kappa shape index (κ1) is 15.5. The van der Waals surface area contributed by atoms with Gasteiger partial charge in [0.15, 0.2) is 0 Å². The second-order valence-corrected chi connectivity index (χ2v) is 5.68. The predicted octanol–water partition coefficient (Wildman–Crippen LogP) is 4.16. The molecule has 1 aliphatic heterocycles. The number of rotatable bonds is 3. The van der Waals surface area contributed by atoms with Crippen molar-refractivity contribution in [2.45, 2.75) is 32.4 Å². The van der Waals surface area contributed by atoms with Crippen LogP contribution in [0.2, 0.25) is 0 Å². The van der Waals surface area contributed by atoms with Crippen molar-refractivity contribution in [2.75, 3.05) is 11.9 Å². The van der Waals surface area contributed by atoms with Gasteiger partial charge < -0.3 is 14.8 Å². The lowest BCUT2D eigenvalue weighted by Gasteiger charge is -2.37. The molecule has 2 amide bonds. The molecule has 0 aliphatic carbocycles. The average Bonchev–Trinajstić information content (AvgIpc) is 3.00. The Balaban J connectivity index is 1.82. The highest BCUT2D eigenvalue weighted by atomic mass is 19.1. The maximum atomic E-state index is 13.7. The maximum absolute atomic E-state index is 13.7. The second-order valence-electron chi connectivity index (χ2n) is 5.68. The van der Waals surface area contributed by atoms with Gasteiger partial charge in [-0.1, -0.05) is 13.3 Å². The predicted molar refractivity (Wildman–Crippen MR) is 84.2 cm³/mol. The SMILES string of the molecule is CCC[C@H]1c2cccn2CCN1C(=O)Nc1cc(F)ccc1F. The Kier molecular flexibility index (Phi) is 4.32. The zero-order chi connectivity index (χ0) is 16.4. The van der Waals surface area contributed by atoms with Crippen molar-refractivity contribution < 1.29 is 13.6 Å². The van der Waals surface area contributed by atoms with E-state index >= 15 is 0 Å². The number of halogens is 2. The second kappa shape index (κ2) is 6.40. The van der Waals surface area contributed by atoms with Crippen LogP contribution in [0.5, 0.6) is 0 Å². The van der Waals surface area contributed by atoms with Crippen molar-refractivity contribution in [3.8, 4) is 0 Å². The fourth-order valence-corrected chi connectivity index (χ4v) is 3.06. The number of aromatic nitrogens is 1. The molecule has 1 aliphatic rings. The van der Waals surface area contributed by atoms with Crippen LogP contribution >= 0.6 is 0 Å². The summed E-state index contributed by atoms with van der Waals surface area (Å²) in [6.45, 7) is 3.29. The van der Waals surface area contributed by atoms with Crippen LogP contribution in [0.3, 0.4) is 0 Å². The van der Waals surface area contributed by atoms with Gasteiger partial charge in [0, 0.05) is 31.0 Å². The molecule has 0 bridgehead atoms. The third-order valence-corrected chi connectivity index (χ3v) is 4.16. The number of fused-ring (bicyclic) bond motifs is 1. The molecular weight excluding hydrogens is 300 g/mol. The highest BCUT2D eigenvalue weighted by Gasteiger charge is 2.30. The van der Waals surface area contributed by atoms with Crippen LogP contribution in [-0.2, 0) is 6.54 Å². The summed E-state index contributed by atoms with van der Waals surface area (Å²) in [5.74, 6) is -1.23. The van der Waals surface area contributed by atoms with Crippen molar-refractivity contribution >= 4 is 11.7 Å². The summed E-state index contributed by atoms with van der Waals surface area (Å²) >= 11 is 0. The molecule has 6 heteroatoms. The number of carbonyl (C=O) groups is 1. The summed E-state index contributed by atoms with van der Waals surface area (Å²) < 4.78 is 29.1. The van der Waals surface area contributed by atoms with Crippen LogP contribution in [-0.4, -0.2) is 22.0 Å². The number of nitrogens with one attached hydrogen (secondary N) is 1. The highest BCUT2D eigenvalue weighted by molar-refractivity contribution is 5.89. The number of benzene rings is 1. The first-order valence-corrected chi connectivity index (χ1v) is 7.78. The van der Waals surface area contributed by atoms with Crippen LogP contribution < -0.4 is 5.32 Å². The molecular formula is C17H19F2N3O. The van der Waals surface area contributed by atoms with Crippen molar-refractivity contribution in [1.82, 2.24) is 9.47 Å². The number of nitrogens with zero attached hydrogens (tertiary/aromatic N) is 2. The lowest BCUT2D eigenvalue weighted by molar-refractivity contribution is 0.163. The fourth-order valence-electron chi connectivity index (χ4n) is 3.06. The Labute approximate surface area is 133 Å². The van der Waals surface area contributed by atoms with Gasteiger partial charge in [-0.05, 0) is 30.7 Å². The molecule has 122 valence electrons. The number of hydrogen-bond donors (Lipinski definition) is 1. The van der Waals surface area contributed by atoms with Crippen molar-refractivity contribution in [1.29, 1.82) is 0 Å². The summed E-state index contributed by atoms with van der Waals surface area (Å²) in [6.07, 6.45) is 3.75. The standard InChI is InChI=1S/C17H19F2N3O/c1-2-4-16-15-5-3-8-21(15)9-10-22(16)17(23)20-14-11-12(18)6-7-13(14)19/h3,5-8,11,16H,2,4,9-10H2,1H3,(H,20,23)/t16-/m0/s1. The molecule has 1 N–H and O–H groups in total. The third-order valence-electron chi connectivity index (χ3n) is 4.16. The molecule has 23 heavy (non-hydrogen) atoms. The van der Waals surface area contributed by atoms with Gasteiger partial charge in [-0.3, -0.25) is 0 Å². The normalized spacial score (nSPS) is 17.0. The first-order valence-electron chi connectivity index (χ1n) is 7.78. The lowest BCUT2D eigenvalue weighted by Crippen LogP contribution is -2.44. The van der Waals surface area contributed by atoms with E-state index in [1.807, 2.05) is 18.3 Å². The van der Waals surface area contributed by atoms with Gasteiger partial charge in [-0.15, -0.1) is 0 Å². The van der Waals surface area contributed by atoms with E-state index in [-0.39, 0.29) is 11.7 Å². The van der Waals surface area contributed by atoms with Crippen LogP contribution in [0.4, 0.5) is 19.3 Å². The minimum Gasteiger partial charge on any atom is -0.348 e. The van der Waals surface area contributed by atoms with Gasteiger partial charge in [0.25, 0.3) is 0 Å². The van der Waals surface area contributed by atoms with E-state index in [1.54, 1.807) is 4.90 Å². The van der Waals surface area contributed by atoms with Gasteiger partial charge in [0.1, 0.15) is 11.6 Å². The van der Waals surface area contributed by atoms with Gasteiger partial charge in [-0.2, -0.15) is 0 Å². The Hall–Kier alpha value is -2.37. The van der Waals surface area contributed by atoms with Crippen LogP contribution in [0.15, 0.2) is 36.5 Å². The molecule has 1 aromatic heterocycles.